The molecule has 3 aliphatic rings. The van der Waals surface area contributed by atoms with Crippen molar-refractivity contribution in [1.29, 1.82) is 0 Å². The Balaban J connectivity index is 1.30. The van der Waals surface area contributed by atoms with E-state index in [1.807, 2.05) is 4.90 Å². The highest BCUT2D eigenvalue weighted by Gasteiger charge is 2.58. The second kappa shape index (κ2) is 11.2. The predicted molar refractivity (Wildman–Crippen MR) is 155 cm³/mol. The second-order valence-corrected chi connectivity index (χ2v) is 11.9. The summed E-state index contributed by atoms with van der Waals surface area (Å²) in [7, 11) is 2.08. The van der Waals surface area contributed by atoms with Crippen LogP contribution < -0.4 is 14.5 Å². The monoisotopic (exact) mass is 585 g/mol. The number of alkyl halides is 3. The molecule has 0 spiro atoms. The van der Waals surface area contributed by atoms with Crippen LogP contribution in [0.5, 0.6) is 6.01 Å². The van der Waals surface area contributed by atoms with Gasteiger partial charge >= 0.3 is 12.2 Å². The summed E-state index contributed by atoms with van der Waals surface area (Å²) in [4.78, 5) is 16.2. The lowest BCUT2D eigenvalue weighted by Crippen LogP contribution is -2.54. The van der Waals surface area contributed by atoms with E-state index in [9.17, 15) is 23.4 Å². The quantitative estimate of drug-likeness (QED) is 0.411. The van der Waals surface area contributed by atoms with E-state index in [0.717, 1.165) is 42.9 Å². The molecule has 11 heteroatoms. The van der Waals surface area contributed by atoms with Gasteiger partial charge in [0, 0.05) is 48.2 Å². The molecule has 2 aromatic carbocycles. The first-order valence-electron chi connectivity index (χ1n) is 14.8. The van der Waals surface area contributed by atoms with Crippen molar-refractivity contribution in [2.75, 3.05) is 49.6 Å². The van der Waals surface area contributed by atoms with Crippen molar-refractivity contribution in [3.8, 4) is 6.01 Å². The fraction of sp³-hybridized carbons (Fsp3) is 0.548. The largest absolute Gasteiger partial charge is 0.462 e. The normalized spacial score (nSPS) is 20.8. The Morgan fingerprint density at radius 2 is 1.69 bits per heavy atom. The molecule has 3 aliphatic heterocycles. The second-order valence-electron chi connectivity index (χ2n) is 11.9. The number of hydrogen-bond acceptors (Lipinski definition) is 8. The van der Waals surface area contributed by atoms with Gasteiger partial charge in [-0.2, -0.15) is 23.1 Å². The summed E-state index contributed by atoms with van der Waals surface area (Å²) in [5.41, 5.74) is 4.17. The summed E-state index contributed by atoms with van der Waals surface area (Å²) in [6, 6.07) is 13.2. The molecule has 226 valence electrons. The molecule has 6 rings (SSSR count). The van der Waals surface area contributed by atoms with Crippen LogP contribution in [0.2, 0.25) is 0 Å². The number of benzene rings is 2. The average molecular weight is 586 g/mol. The number of aromatic nitrogens is 2. The van der Waals surface area contributed by atoms with E-state index in [1.165, 1.54) is 16.3 Å². The van der Waals surface area contributed by atoms with E-state index >= 15 is 0 Å². The molecule has 1 aromatic heterocycles. The maximum Gasteiger partial charge on any atom is 0.443 e. The van der Waals surface area contributed by atoms with E-state index in [-0.39, 0.29) is 38.0 Å². The Morgan fingerprint density at radius 3 is 2.38 bits per heavy atom. The number of anilines is 2. The molecule has 42 heavy (non-hydrogen) atoms. The number of rotatable bonds is 6. The van der Waals surface area contributed by atoms with Gasteiger partial charge in [-0.25, -0.2) is 0 Å². The van der Waals surface area contributed by atoms with Gasteiger partial charge in [-0.1, -0.05) is 30.3 Å². The summed E-state index contributed by atoms with van der Waals surface area (Å²) in [6.45, 7) is 5.35. The van der Waals surface area contributed by atoms with Crippen LogP contribution in [-0.4, -0.2) is 82.9 Å². The molecule has 0 bridgehead atoms. The molecule has 2 saturated heterocycles. The van der Waals surface area contributed by atoms with Gasteiger partial charge in [-0.05, 0) is 69.6 Å². The first kappa shape index (κ1) is 28.9. The van der Waals surface area contributed by atoms with Gasteiger partial charge in [0.1, 0.15) is 12.4 Å². The third kappa shape index (κ3) is 5.38. The van der Waals surface area contributed by atoms with Gasteiger partial charge in [0.2, 0.25) is 0 Å². The number of aryl methyl sites for hydroxylation is 1. The number of likely N-dealkylation sites (tertiary alicyclic amines) is 1. The summed E-state index contributed by atoms with van der Waals surface area (Å²) in [5, 5.41) is 22.1. The predicted octanol–water partition coefficient (Wildman–Crippen LogP) is 4.43. The number of fused-ring (bicyclic) bond motifs is 2. The summed E-state index contributed by atoms with van der Waals surface area (Å²) in [6.07, 6.45) is -2.31. The van der Waals surface area contributed by atoms with Crippen LogP contribution in [0.1, 0.15) is 42.5 Å². The van der Waals surface area contributed by atoms with Crippen molar-refractivity contribution in [3.63, 3.8) is 0 Å². The van der Waals surface area contributed by atoms with Crippen LogP contribution in [0.4, 0.5) is 24.7 Å². The summed E-state index contributed by atoms with van der Waals surface area (Å²) < 4.78 is 46.1. The molecule has 8 nitrogen and oxygen atoms in total. The van der Waals surface area contributed by atoms with Crippen molar-refractivity contribution in [1.82, 2.24) is 14.9 Å². The molecule has 0 aliphatic carbocycles. The maximum absolute atomic E-state index is 13.3. The minimum atomic E-state index is -5.11. The summed E-state index contributed by atoms with van der Waals surface area (Å²) >= 11 is 0. The topological polar surface area (TPSA) is 85.2 Å². The number of piperidine rings is 1. The molecular formula is C31H38F3N5O3. The average Bonchev–Trinajstić information content (AvgIpc) is 3.39. The lowest BCUT2D eigenvalue weighted by Gasteiger charge is -2.40. The fourth-order valence-corrected chi connectivity index (χ4v) is 6.78. The SMILES string of the molecule is Cc1cccc2cccc(N3CCc4c(nc(OCC5CCCN5C)nc4N4CCC(C(O)(O)C(F)(F)F)CC4)C3)c12. The number of ether oxygens (including phenoxy) is 1. The zero-order chi connectivity index (χ0) is 29.6. The van der Waals surface area contributed by atoms with Gasteiger partial charge in [-0.3, -0.25) is 0 Å². The van der Waals surface area contributed by atoms with Crippen LogP contribution in [0.15, 0.2) is 36.4 Å². The zero-order valence-corrected chi connectivity index (χ0v) is 24.1. The Kier molecular flexibility index (Phi) is 7.69. The van der Waals surface area contributed by atoms with Crippen LogP contribution in [0, 0.1) is 12.8 Å². The van der Waals surface area contributed by atoms with Crippen LogP contribution in [-0.2, 0) is 13.0 Å². The van der Waals surface area contributed by atoms with E-state index in [1.54, 1.807) is 0 Å². The highest BCUT2D eigenvalue weighted by atomic mass is 19.4. The van der Waals surface area contributed by atoms with Crippen molar-refractivity contribution < 1.29 is 28.1 Å². The number of halogens is 3. The molecule has 2 fully saturated rings. The number of hydrogen-bond donors (Lipinski definition) is 2. The van der Waals surface area contributed by atoms with Gasteiger partial charge in [0.05, 0.1) is 12.2 Å². The van der Waals surface area contributed by atoms with Crippen LogP contribution in [0.3, 0.4) is 0 Å². The van der Waals surface area contributed by atoms with Crippen molar-refractivity contribution in [2.45, 2.75) is 63.6 Å². The fourth-order valence-electron chi connectivity index (χ4n) is 6.78. The molecular weight excluding hydrogens is 547 g/mol. The highest BCUT2D eigenvalue weighted by molar-refractivity contribution is 5.97. The molecule has 0 saturated carbocycles. The summed E-state index contributed by atoms with van der Waals surface area (Å²) in [5.74, 6) is -4.33. The first-order chi connectivity index (χ1) is 20.0. The van der Waals surface area contributed by atoms with Gasteiger partial charge in [0.25, 0.3) is 5.79 Å². The molecule has 0 amide bonds. The lowest BCUT2D eigenvalue weighted by atomic mass is 9.87. The van der Waals surface area contributed by atoms with Crippen molar-refractivity contribution in [3.05, 3.63) is 53.2 Å². The first-order valence-corrected chi connectivity index (χ1v) is 14.8. The molecule has 1 unspecified atom stereocenters. The van der Waals surface area contributed by atoms with Crippen molar-refractivity contribution in [2.24, 2.45) is 5.92 Å². The number of likely N-dealkylation sites (N-methyl/N-ethyl adjacent to an activating group) is 1. The smallest absolute Gasteiger partial charge is 0.443 e. The van der Waals surface area contributed by atoms with E-state index < -0.39 is 17.9 Å². The molecule has 0 radical (unpaired) electrons. The Hall–Kier alpha value is -3.15. The number of nitrogens with zero attached hydrogens (tertiary/aromatic N) is 5. The molecule has 3 aromatic rings. The molecule has 4 heterocycles. The number of aliphatic hydroxyl groups is 2. The highest BCUT2D eigenvalue weighted by Crippen LogP contribution is 2.41. The Labute approximate surface area is 243 Å². The van der Waals surface area contributed by atoms with Gasteiger partial charge in [-0.15, -0.1) is 0 Å². The minimum Gasteiger partial charge on any atom is -0.462 e. The third-order valence-electron chi connectivity index (χ3n) is 9.31. The maximum atomic E-state index is 13.3. The standard InChI is InChI=1S/C31H38F3N5O3/c1-20-6-3-7-21-8-4-10-26(27(20)21)39-17-13-24-25(18-39)35-29(42-19-23-9-5-14-37(23)2)36-28(24)38-15-11-22(12-16-38)30(40,41)31(32,33)34/h3-4,6-8,10,22-23,40-41H,5,9,11-19H2,1-2H3. The van der Waals surface area contributed by atoms with Gasteiger partial charge < -0.3 is 29.6 Å². The third-order valence-corrected chi connectivity index (χ3v) is 9.31. The Bertz CT molecular complexity index is 1440. The van der Waals surface area contributed by atoms with E-state index in [0.29, 0.717) is 25.4 Å². The van der Waals surface area contributed by atoms with Gasteiger partial charge in [0.15, 0.2) is 0 Å². The molecule has 2 N–H and O–H groups in total. The molecule has 1 atom stereocenters. The van der Waals surface area contributed by atoms with Crippen molar-refractivity contribution >= 4 is 22.3 Å². The van der Waals surface area contributed by atoms with E-state index in [2.05, 4.69) is 60.2 Å². The zero-order valence-electron chi connectivity index (χ0n) is 24.1. The van der Waals surface area contributed by atoms with E-state index in [4.69, 9.17) is 14.7 Å². The van der Waals surface area contributed by atoms with Crippen LogP contribution in [0.25, 0.3) is 10.8 Å². The lowest BCUT2D eigenvalue weighted by molar-refractivity contribution is -0.371. The van der Waals surface area contributed by atoms with Crippen LogP contribution >= 0.6 is 0 Å². The minimum absolute atomic E-state index is 0.0181. The Morgan fingerprint density at radius 1 is 0.952 bits per heavy atom.